The minimum atomic E-state index is 0.669. The van der Waals surface area contributed by atoms with Crippen molar-refractivity contribution < 1.29 is 4.74 Å². The van der Waals surface area contributed by atoms with Gasteiger partial charge in [0.05, 0.1) is 5.52 Å². The molecule has 3 saturated heterocycles. The van der Waals surface area contributed by atoms with E-state index in [-0.39, 0.29) is 0 Å². The Kier molecular flexibility index (Phi) is 5.30. The maximum absolute atomic E-state index is 6.18. The van der Waals surface area contributed by atoms with Crippen LogP contribution in [0.3, 0.4) is 0 Å². The van der Waals surface area contributed by atoms with Crippen LogP contribution in [0.15, 0.2) is 54.1 Å². The van der Waals surface area contributed by atoms with Gasteiger partial charge in [-0.15, -0.1) is 0 Å². The monoisotopic (exact) mass is 389 g/mol. The van der Waals surface area contributed by atoms with Crippen LogP contribution < -0.4 is 10.1 Å². The van der Waals surface area contributed by atoms with Crippen molar-refractivity contribution in [3.8, 4) is 5.75 Å². The van der Waals surface area contributed by atoms with E-state index < -0.39 is 0 Å². The van der Waals surface area contributed by atoms with Gasteiger partial charge in [-0.3, -0.25) is 4.90 Å². The molecule has 0 radical (unpaired) electrons. The lowest BCUT2D eigenvalue weighted by Gasteiger charge is -2.41. The molecule has 152 valence electrons. The summed E-state index contributed by atoms with van der Waals surface area (Å²) in [6.45, 7) is 9.45. The molecule has 29 heavy (non-hydrogen) atoms. The first-order valence-corrected chi connectivity index (χ1v) is 11.1. The van der Waals surface area contributed by atoms with Gasteiger partial charge in [-0.05, 0) is 62.7 Å². The summed E-state index contributed by atoms with van der Waals surface area (Å²) in [5.74, 6) is 1.75. The van der Waals surface area contributed by atoms with Crippen molar-refractivity contribution in [3.05, 3.63) is 54.1 Å². The molecule has 0 aliphatic carbocycles. The number of ether oxygens (including phenoxy) is 1. The number of fused-ring (bicyclic) bond motifs is 6. The van der Waals surface area contributed by atoms with Crippen LogP contribution in [0.4, 0.5) is 0 Å². The van der Waals surface area contributed by atoms with Gasteiger partial charge in [-0.25, -0.2) is 0 Å². The van der Waals surface area contributed by atoms with Gasteiger partial charge < -0.3 is 14.6 Å². The third-order valence-corrected chi connectivity index (χ3v) is 6.62. The third-order valence-electron chi connectivity index (χ3n) is 6.62. The van der Waals surface area contributed by atoms with Crippen LogP contribution in [-0.4, -0.2) is 48.8 Å². The van der Waals surface area contributed by atoms with Gasteiger partial charge in [0.1, 0.15) is 12.4 Å². The Hall–Kier alpha value is -2.30. The Bertz CT molecular complexity index is 1030. The van der Waals surface area contributed by atoms with E-state index in [2.05, 4.69) is 70.2 Å². The zero-order valence-corrected chi connectivity index (χ0v) is 17.4. The Morgan fingerprint density at radius 1 is 1.07 bits per heavy atom. The standard InChI is InChI=1S/C25H31N3O/c1-2-26-12-15-28-24-6-4-3-5-22(24)23-8-7-21(17-25(23)28)29-16-11-20-18-27-13-9-19(20)10-14-27/h3-8,11,17,19,26H,2,9-10,12-16,18H2,1H3/b20-11+. The van der Waals surface area contributed by atoms with Crippen molar-refractivity contribution in [3.63, 3.8) is 0 Å². The van der Waals surface area contributed by atoms with Crippen LogP contribution in [-0.2, 0) is 6.54 Å². The molecule has 2 aromatic carbocycles. The predicted molar refractivity (Wildman–Crippen MR) is 121 cm³/mol. The lowest BCUT2D eigenvalue weighted by molar-refractivity contribution is 0.160. The second-order valence-corrected chi connectivity index (χ2v) is 8.34. The lowest BCUT2D eigenvalue weighted by atomic mass is 9.84. The second kappa shape index (κ2) is 8.21. The molecule has 0 amide bonds. The summed E-state index contributed by atoms with van der Waals surface area (Å²) in [6, 6.07) is 15.3. The summed E-state index contributed by atoms with van der Waals surface area (Å²) in [5, 5.41) is 6.08. The van der Waals surface area contributed by atoms with Crippen LogP contribution in [0, 0.1) is 5.92 Å². The number of hydrogen-bond acceptors (Lipinski definition) is 3. The van der Waals surface area contributed by atoms with Gasteiger partial charge in [0.2, 0.25) is 0 Å². The first-order valence-electron chi connectivity index (χ1n) is 11.1. The Labute approximate surface area is 173 Å². The Morgan fingerprint density at radius 3 is 2.69 bits per heavy atom. The molecule has 6 rings (SSSR count). The summed E-state index contributed by atoms with van der Waals surface area (Å²) >= 11 is 0. The van der Waals surface area contributed by atoms with Crippen molar-refractivity contribution in [1.29, 1.82) is 0 Å². The average Bonchev–Trinajstić information content (AvgIpc) is 3.08. The Balaban J connectivity index is 1.39. The molecular weight excluding hydrogens is 358 g/mol. The molecule has 1 N–H and O–H groups in total. The zero-order valence-electron chi connectivity index (χ0n) is 17.4. The van der Waals surface area contributed by atoms with Crippen LogP contribution in [0.25, 0.3) is 21.8 Å². The molecule has 3 aromatic rings. The quantitative estimate of drug-likeness (QED) is 0.479. The summed E-state index contributed by atoms with van der Waals surface area (Å²) in [5.41, 5.74) is 4.15. The molecule has 3 aliphatic rings. The highest BCUT2D eigenvalue weighted by Gasteiger charge is 2.28. The van der Waals surface area contributed by atoms with Crippen molar-refractivity contribution >= 4 is 21.8 Å². The van der Waals surface area contributed by atoms with E-state index in [1.54, 1.807) is 5.57 Å². The van der Waals surface area contributed by atoms with E-state index in [0.717, 1.165) is 37.8 Å². The van der Waals surface area contributed by atoms with E-state index >= 15 is 0 Å². The molecule has 4 heteroatoms. The van der Waals surface area contributed by atoms with Gasteiger partial charge >= 0.3 is 0 Å². The molecule has 3 aliphatic heterocycles. The number of hydrogen-bond donors (Lipinski definition) is 1. The molecule has 1 aromatic heterocycles. The molecular formula is C25H31N3O. The van der Waals surface area contributed by atoms with Gasteiger partial charge in [0, 0.05) is 42.0 Å². The fraction of sp³-hybridized carbons (Fsp3) is 0.440. The Morgan fingerprint density at radius 2 is 1.90 bits per heavy atom. The van der Waals surface area contributed by atoms with Crippen molar-refractivity contribution in [1.82, 2.24) is 14.8 Å². The van der Waals surface area contributed by atoms with E-state index in [0.29, 0.717) is 6.61 Å². The molecule has 4 nitrogen and oxygen atoms in total. The van der Waals surface area contributed by atoms with E-state index in [1.165, 1.54) is 47.7 Å². The molecule has 3 fully saturated rings. The topological polar surface area (TPSA) is 29.4 Å². The van der Waals surface area contributed by atoms with E-state index in [4.69, 9.17) is 4.74 Å². The summed E-state index contributed by atoms with van der Waals surface area (Å²) < 4.78 is 8.60. The lowest BCUT2D eigenvalue weighted by Crippen LogP contribution is -2.43. The number of benzene rings is 2. The number of aromatic nitrogens is 1. The SMILES string of the molecule is CCNCCn1c2ccccc2c2ccc(OC/C=C3\CN4CCC3CC4)cc21. The predicted octanol–water partition coefficient (Wildman–Crippen LogP) is 4.43. The van der Waals surface area contributed by atoms with Crippen LogP contribution in [0.5, 0.6) is 5.75 Å². The number of likely N-dealkylation sites (N-methyl/N-ethyl adjacent to an activating group) is 1. The maximum Gasteiger partial charge on any atom is 0.121 e. The van der Waals surface area contributed by atoms with Crippen LogP contribution in [0.2, 0.25) is 0 Å². The zero-order chi connectivity index (χ0) is 19.6. The molecule has 0 spiro atoms. The van der Waals surface area contributed by atoms with Crippen LogP contribution in [0.1, 0.15) is 19.8 Å². The highest BCUT2D eigenvalue weighted by atomic mass is 16.5. The van der Waals surface area contributed by atoms with Gasteiger partial charge in [0.25, 0.3) is 0 Å². The highest BCUT2D eigenvalue weighted by Crippen LogP contribution is 2.33. The molecule has 0 unspecified atom stereocenters. The summed E-state index contributed by atoms with van der Waals surface area (Å²) in [4.78, 5) is 2.57. The van der Waals surface area contributed by atoms with Gasteiger partial charge in [0.15, 0.2) is 0 Å². The fourth-order valence-electron chi connectivity index (χ4n) is 5.05. The molecule has 4 heterocycles. The van der Waals surface area contributed by atoms with Gasteiger partial charge in [-0.2, -0.15) is 0 Å². The third kappa shape index (κ3) is 3.67. The molecule has 0 atom stereocenters. The minimum Gasteiger partial charge on any atom is -0.489 e. The normalized spacial score (nSPS) is 22.7. The van der Waals surface area contributed by atoms with Crippen LogP contribution >= 0.6 is 0 Å². The van der Waals surface area contributed by atoms with Gasteiger partial charge in [-0.1, -0.05) is 30.7 Å². The second-order valence-electron chi connectivity index (χ2n) is 8.34. The number of rotatable bonds is 7. The number of nitrogens with one attached hydrogen (secondary N) is 1. The average molecular weight is 390 g/mol. The summed E-state index contributed by atoms with van der Waals surface area (Å²) in [6.07, 6.45) is 4.98. The first kappa shape index (κ1) is 18.7. The van der Waals surface area contributed by atoms with E-state index in [9.17, 15) is 0 Å². The molecule has 0 saturated carbocycles. The minimum absolute atomic E-state index is 0.669. The van der Waals surface area contributed by atoms with Crippen molar-refractivity contribution in [2.24, 2.45) is 5.92 Å². The largest absolute Gasteiger partial charge is 0.489 e. The number of nitrogens with zero attached hydrogens (tertiary/aromatic N) is 2. The maximum atomic E-state index is 6.18. The first-order chi connectivity index (χ1) is 14.3. The number of para-hydroxylation sites is 1. The van der Waals surface area contributed by atoms with Crippen molar-refractivity contribution in [2.45, 2.75) is 26.3 Å². The summed E-state index contributed by atoms with van der Waals surface area (Å²) in [7, 11) is 0. The fourth-order valence-corrected chi connectivity index (χ4v) is 5.05. The highest BCUT2D eigenvalue weighted by molar-refractivity contribution is 6.08. The number of piperidine rings is 3. The smallest absolute Gasteiger partial charge is 0.121 e. The molecule has 2 bridgehead atoms. The van der Waals surface area contributed by atoms with E-state index in [1.807, 2.05) is 0 Å². The van der Waals surface area contributed by atoms with Crippen molar-refractivity contribution in [2.75, 3.05) is 39.3 Å².